The third-order valence-corrected chi connectivity index (χ3v) is 5.34. The molecule has 0 unspecified atom stereocenters. The van der Waals surface area contributed by atoms with Crippen molar-refractivity contribution in [2.75, 3.05) is 0 Å². The summed E-state index contributed by atoms with van der Waals surface area (Å²) >= 11 is 0. The Hall–Kier alpha value is -2.54. The second kappa shape index (κ2) is 5.24. The standard InChI is InChI=1S/C23H20O/c1-15-10-11-22(24-15)19-13-18-12-17-8-5-9-20(17)23(21(18)14-19)16-6-3-2-4-7-16/h2-4,6-7,10-12,14H,5,8-9,13H2,1H3. The molecular weight excluding hydrogens is 292 g/mol. The van der Waals surface area contributed by atoms with Crippen molar-refractivity contribution in [2.24, 2.45) is 0 Å². The van der Waals surface area contributed by atoms with Gasteiger partial charge in [0.25, 0.3) is 0 Å². The summed E-state index contributed by atoms with van der Waals surface area (Å²) in [4.78, 5) is 0. The molecule has 0 atom stereocenters. The second-order valence-electron chi connectivity index (χ2n) is 6.94. The summed E-state index contributed by atoms with van der Waals surface area (Å²) in [6.45, 7) is 2.01. The monoisotopic (exact) mass is 312 g/mol. The maximum atomic E-state index is 5.88. The predicted octanol–water partition coefficient (Wildman–Crippen LogP) is 5.84. The maximum absolute atomic E-state index is 5.88. The van der Waals surface area contributed by atoms with Crippen LogP contribution in [0.4, 0.5) is 0 Å². The lowest BCUT2D eigenvalue weighted by atomic mass is 9.90. The summed E-state index contributed by atoms with van der Waals surface area (Å²) in [5.41, 5.74) is 10.1. The molecule has 0 fully saturated rings. The van der Waals surface area contributed by atoms with E-state index in [1.165, 1.54) is 47.1 Å². The van der Waals surface area contributed by atoms with Crippen LogP contribution in [0.25, 0.3) is 22.8 Å². The molecule has 0 aliphatic heterocycles. The van der Waals surface area contributed by atoms with Gasteiger partial charge in [-0.15, -0.1) is 0 Å². The smallest absolute Gasteiger partial charge is 0.130 e. The molecule has 2 aliphatic rings. The molecule has 24 heavy (non-hydrogen) atoms. The highest BCUT2D eigenvalue weighted by Crippen LogP contribution is 2.43. The Labute approximate surface area is 142 Å². The largest absolute Gasteiger partial charge is 0.462 e. The third-order valence-electron chi connectivity index (χ3n) is 5.34. The molecule has 0 N–H and O–H groups in total. The SMILES string of the molecule is Cc1ccc(C2=Cc3c(cc4c(c3-c3ccccc3)CCC4)C2)o1. The Morgan fingerprint density at radius 2 is 1.79 bits per heavy atom. The highest BCUT2D eigenvalue weighted by Gasteiger charge is 2.26. The van der Waals surface area contributed by atoms with Gasteiger partial charge in [-0.3, -0.25) is 0 Å². The molecule has 3 aromatic rings. The summed E-state index contributed by atoms with van der Waals surface area (Å²) in [5.74, 6) is 2.00. The lowest BCUT2D eigenvalue weighted by Gasteiger charge is -2.14. The van der Waals surface area contributed by atoms with Crippen LogP contribution in [-0.2, 0) is 19.3 Å². The van der Waals surface area contributed by atoms with Crippen molar-refractivity contribution in [2.45, 2.75) is 32.6 Å². The van der Waals surface area contributed by atoms with Gasteiger partial charge in [0.2, 0.25) is 0 Å². The average molecular weight is 312 g/mol. The van der Waals surface area contributed by atoms with E-state index in [-0.39, 0.29) is 0 Å². The van der Waals surface area contributed by atoms with Crippen LogP contribution >= 0.6 is 0 Å². The molecule has 1 heterocycles. The van der Waals surface area contributed by atoms with Crippen LogP contribution in [0, 0.1) is 6.92 Å². The summed E-state index contributed by atoms with van der Waals surface area (Å²) in [6.07, 6.45) is 7.05. The van der Waals surface area contributed by atoms with Gasteiger partial charge >= 0.3 is 0 Å². The first-order valence-corrected chi connectivity index (χ1v) is 8.80. The van der Waals surface area contributed by atoms with E-state index < -0.39 is 0 Å². The zero-order valence-electron chi connectivity index (χ0n) is 13.9. The molecule has 1 nitrogen and oxygen atoms in total. The Bertz CT molecular complexity index is 957. The molecule has 0 amide bonds. The Morgan fingerprint density at radius 1 is 0.917 bits per heavy atom. The van der Waals surface area contributed by atoms with Crippen molar-refractivity contribution in [3.63, 3.8) is 0 Å². The van der Waals surface area contributed by atoms with E-state index in [9.17, 15) is 0 Å². The third kappa shape index (κ3) is 2.08. The average Bonchev–Trinajstić information content (AvgIpc) is 3.31. The molecule has 2 aliphatic carbocycles. The molecule has 0 bridgehead atoms. The van der Waals surface area contributed by atoms with Crippen LogP contribution in [0.1, 0.15) is 40.2 Å². The molecule has 0 radical (unpaired) electrons. The number of aryl methyl sites for hydroxylation is 2. The normalized spacial score (nSPS) is 15.3. The number of benzene rings is 2. The van der Waals surface area contributed by atoms with Crippen LogP contribution < -0.4 is 0 Å². The topological polar surface area (TPSA) is 13.1 Å². The van der Waals surface area contributed by atoms with Gasteiger partial charge in [-0.2, -0.15) is 0 Å². The predicted molar refractivity (Wildman–Crippen MR) is 98.9 cm³/mol. The van der Waals surface area contributed by atoms with Gasteiger partial charge in [0.05, 0.1) is 0 Å². The zero-order chi connectivity index (χ0) is 16.1. The number of rotatable bonds is 2. The molecule has 5 rings (SSSR count). The maximum Gasteiger partial charge on any atom is 0.130 e. The summed E-state index contributed by atoms with van der Waals surface area (Å²) < 4.78 is 5.88. The summed E-state index contributed by atoms with van der Waals surface area (Å²) in [5, 5.41) is 0. The number of furan rings is 1. The van der Waals surface area contributed by atoms with E-state index in [4.69, 9.17) is 4.42 Å². The highest BCUT2D eigenvalue weighted by molar-refractivity contribution is 5.94. The van der Waals surface area contributed by atoms with Gasteiger partial charge in [-0.1, -0.05) is 36.4 Å². The molecule has 0 saturated carbocycles. The van der Waals surface area contributed by atoms with Crippen molar-refractivity contribution in [3.8, 4) is 11.1 Å². The van der Waals surface area contributed by atoms with Gasteiger partial charge in [0.1, 0.15) is 11.5 Å². The van der Waals surface area contributed by atoms with E-state index in [2.05, 4.69) is 54.6 Å². The number of hydrogen-bond donors (Lipinski definition) is 0. The van der Waals surface area contributed by atoms with Gasteiger partial charge in [0, 0.05) is 6.42 Å². The summed E-state index contributed by atoms with van der Waals surface area (Å²) in [7, 11) is 0. The van der Waals surface area contributed by atoms with Crippen LogP contribution in [0.15, 0.2) is 52.9 Å². The molecule has 118 valence electrons. The van der Waals surface area contributed by atoms with Crippen LogP contribution in [-0.4, -0.2) is 0 Å². The minimum Gasteiger partial charge on any atom is -0.462 e. The number of fused-ring (bicyclic) bond motifs is 2. The van der Waals surface area contributed by atoms with E-state index in [0.717, 1.165) is 17.9 Å². The first-order chi connectivity index (χ1) is 11.8. The molecule has 0 spiro atoms. The van der Waals surface area contributed by atoms with Crippen molar-refractivity contribution in [3.05, 3.63) is 82.3 Å². The quantitative estimate of drug-likeness (QED) is 0.579. The van der Waals surface area contributed by atoms with E-state index in [1.54, 1.807) is 11.1 Å². The van der Waals surface area contributed by atoms with Gasteiger partial charge in [-0.05, 0) is 83.3 Å². The van der Waals surface area contributed by atoms with Crippen LogP contribution in [0.5, 0.6) is 0 Å². The fraction of sp³-hybridized carbons (Fsp3) is 0.217. The molecule has 1 heteroatoms. The minimum absolute atomic E-state index is 0.979. The number of allylic oxidation sites excluding steroid dienone is 1. The van der Waals surface area contributed by atoms with Crippen LogP contribution in [0.3, 0.4) is 0 Å². The lowest BCUT2D eigenvalue weighted by Crippen LogP contribution is -1.96. The Kier molecular flexibility index (Phi) is 3.02. The second-order valence-corrected chi connectivity index (χ2v) is 6.94. The lowest BCUT2D eigenvalue weighted by molar-refractivity contribution is 0.521. The van der Waals surface area contributed by atoms with E-state index in [1.807, 2.05) is 6.92 Å². The molecule has 1 aromatic heterocycles. The van der Waals surface area contributed by atoms with Gasteiger partial charge in [0.15, 0.2) is 0 Å². The van der Waals surface area contributed by atoms with Crippen molar-refractivity contribution in [1.82, 2.24) is 0 Å². The summed E-state index contributed by atoms with van der Waals surface area (Å²) in [6, 6.07) is 17.5. The molecule has 0 saturated heterocycles. The highest BCUT2D eigenvalue weighted by atomic mass is 16.3. The van der Waals surface area contributed by atoms with E-state index in [0.29, 0.717) is 0 Å². The van der Waals surface area contributed by atoms with Crippen molar-refractivity contribution < 1.29 is 4.42 Å². The van der Waals surface area contributed by atoms with Crippen molar-refractivity contribution >= 4 is 11.6 Å². The van der Waals surface area contributed by atoms with Crippen molar-refractivity contribution in [1.29, 1.82) is 0 Å². The Morgan fingerprint density at radius 3 is 2.58 bits per heavy atom. The molecular formula is C23H20O. The zero-order valence-corrected chi connectivity index (χ0v) is 13.9. The molecule has 2 aromatic carbocycles. The first kappa shape index (κ1) is 13.9. The fourth-order valence-corrected chi connectivity index (χ4v) is 4.26. The minimum atomic E-state index is 0.979. The van der Waals surface area contributed by atoms with Crippen LogP contribution in [0.2, 0.25) is 0 Å². The van der Waals surface area contributed by atoms with Gasteiger partial charge in [-0.25, -0.2) is 0 Å². The Balaban J connectivity index is 1.72. The number of hydrogen-bond acceptors (Lipinski definition) is 1. The van der Waals surface area contributed by atoms with E-state index >= 15 is 0 Å². The first-order valence-electron chi connectivity index (χ1n) is 8.80. The van der Waals surface area contributed by atoms with Gasteiger partial charge < -0.3 is 4.42 Å². The fourth-order valence-electron chi connectivity index (χ4n) is 4.26.